The number of nitrogens with zero attached hydrogens (tertiary/aromatic N) is 2. The summed E-state index contributed by atoms with van der Waals surface area (Å²) in [7, 11) is 1.83. The second kappa shape index (κ2) is 8.48. The zero-order chi connectivity index (χ0) is 19.1. The minimum atomic E-state index is -0.363. The fourth-order valence-electron chi connectivity index (χ4n) is 5.08. The van der Waals surface area contributed by atoms with E-state index in [9.17, 15) is 10.1 Å². The number of benzene rings is 1. The van der Waals surface area contributed by atoms with Crippen molar-refractivity contribution in [1.29, 1.82) is 0 Å². The van der Waals surface area contributed by atoms with Crippen molar-refractivity contribution in [3.8, 4) is 0 Å². The fraction of sp³-hybridized carbons (Fsp3) is 0.700. The van der Waals surface area contributed by atoms with Gasteiger partial charge in [0.05, 0.1) is 11.0 Å². The van der Waals surface area contributed by atoms with Crippen LogP contribution in [0.5, 0.6) is 0 Å². The number of ether oxygens (including phenoxy) is 1. The Morgan fingerprint density at radius 2 is 1.96 bits per heavy atom. The predicted octanol–water partition coefficient (Wildman–Crippen LogP) is 5.91. The summed E-state index contributed by atoms with van der Waals surface area (Å²) >= 11 is 1.68. The van der Waals surface area contributed by atoms with Gasteiger partial charge >= 0.3 is 0 Å². The minimum Gasteiger partial charge on any atom is -0.599 e. The number of methoxy groups -OCH3 is 1. The van der Waals surface area contributed by atoms with Crippen LogP contribution < -0.4 is 0 Å². The molecule has 0 radical (unpaired) electrons. The average molecular weight is 443 g/mol. The van der Waals surface area contributed by atoms with E-state index >= 15 is 0 Å². The van der Waals surface area contributed by atoms with Crippen molar-refractivity contribution in [1.82, 2.24) is 0 Å². The quantitative estimate of drug-likeness (QED) is 0.228. The molecule has 2 fully saturated rings. The molecule has 5 atom stereocenters. The topological polar surface area (TPSA) is 66.5 Å². The largest absolute Gasteiger partial charge is 0.599 e. The Balaban J connectivity index is 0.00000261. The average Bonchev–Trinajstić information content (AvgIpc) is 2.94. The van der Waals surface area contributed by atoms with Gasteiger partial charge in [0.15, 0.2) is 0 Å². The van der Waals surface area contributed by atoms with Crippen LogP contribution >= 0.6 is 11.9 Å². The molecular weight excluding hydrogens is 414 g/mol. The maximum atomic E-state index is 10.8. The van der Waals surface area contributed by atoms with Crippen molar-refractivity contribution in [2.75, 3.05) is 7.11 Å². The summed E-state index contributed by atoms with van der Waals surface area (Å²) < 4.78 is 10.9. The summed E-state index contributed by atoms with van der Waals surface area (Å²) in [6.45, 7) is 9.24. The first-order valence-corrected chi connectivity index (χ1v) is 10.2. The SMILES string of the molecule is CCC([N-]SC1C(OC)[C@]2(C)CC[C@H]1C2(C)C)c1ccc([N+](=O)[O-])cc1.[Zn]. The van der Waals surface area contributed by atoms with Crippen LogP contribution in [-0.4, -0.2) is 23.4 Å². The van der Waals surface area contributed by atoms with Gasteiger partial charge in [0, 0.05) is 49.4 Å². The summed E-state index contributed by atoms with van der Waals surface area (Å²) in [6, 6.07) is 6.84. The van der Waals surface area contributed by atoms with E-state index < -0.39 is 0 Å². The third-order valence-corrected chi connectivity index (χ3v) is 8.33. The molecule has 3 rings (SSSR count). The Morgan fingerprint density at radius 1 is 1.33 bits per heavy atom. The molecule has 0 heterocycles. The summed E-state index contributed by atoms with van der Waals surface area (Å²) in [5.41, 5.74) is 1.62. The first kappa shape index (κ1) is 22.8. The molecule has 0 saturated heterocycles. The Morgan fingerprint density at radius 3 is 2.48 bits per heavy atom. The number of non-ortho nitro benzene ring substituents is 1. The molecule has 7 heteroatoms. The fourth-order valence-corrected chi connectivity index (χ4v) is 6.78. The first-order valence-electron chi connectivity index (χ1n) is 9.39. The van der Waals surface area contributed by atoms with E-state index in [1.807, 2.05) is 19.2 Å². The van der Waals surface area contributed by atoms with Gasteiger partial charge in [0.25, 0.3) is 5.69 Å². The van der Waals surface area contributed by atoms with Gasteiger partial charge in [-0.1, -0.05) is 51.8 Å². The molecule has 0 spiro atoms. The monoisotopic (exact) mass is 441 g/mol. The summed E-state index contributed by atoms with van der Waals surface area (Å²) in [6.07, 6.45) is 3.56. The van der Waals surface area contributed by atoms with Crippen molar-refractivity contribution in [3.05, 3.63) is 44.7 Å². The molecule has 27 heavy (non-hydrogen) atoms. The van der Waals surface area contributed by atoms with Gasteiger partial charge in [-0.25, -0.2) is 0 Å². The molecule has 1 aromatic rings. The molecule has 2 bridgehead atoms. The normalized spacial score (nSPS) is 32.1. The van der Waals surface area contributed by atoms with Crippen LogP contribution in [0.15, 0.2) is 24.3 Å². The molecule has 0 aromatic heterocycles. The van der Waals surface area contributed by atoms with E-state index in [0.717, 1.165) is 12.0 Å². The molecule has 2 aliphatic rings. The Hall–Kier alpha value is -0.487. The molecule has 0 aliphatic heterocycles. The van der Waals surface area contributed by atoms with Gasteiger partial charge in [0.1, 0.15) is 0 Å². The number of fused-ring (bicyclic) bond motifs is 2. The summed E-state index contributed by atoms with van der Waals surface area (Å²) in [5.74, 6) is 0.612. The minimum absolute atomic E-state index is 0. The first-order chi connectivity index (χ1) is 12.3. The molecule has 2 saturated carbocycles. The number of rotatable bonds is 7. The van der Waals surface area contributed by atoms with E-state index in [4.69, 9.17) is 9.46 Å². The smallest absolute Gasteiger partial charge is 0.269 e. The van der Waals surface area contributed by atoms with Crippen molar-refractivity contribution in [3.63, 3.8) is 0 Å². The maximum Gasteiger partial charge on any atom is 0.269 e. The number of nitro benzene ring substituents is 1. The van der Waals surface area contributed by atoms with Gasteiger partial charge in [-0.15, -0.1) is 6.04 Å². The van der Waals surface area contributed by atoms with Gasteiger partial charge in [-0.3, -0.25) is 22.1 Å². The van der Waals surface area contributed by atoms with Crippen LogP contribution in [0.4, 0.5) is 5.69 Å². The molecule has 1 aromatic carbocycles. The Bertz CT molecular complexity index is 670. The standard InChI is InChI=1S/C20H29N2O3S.Zn/c1-6-16(13-7-9-14(10-8-13)22(23)24)21-26-17-15-11-12-20(4,18(17)25-5)19(15,2)3;/h7-10,15-18H,6,11-12H2,1-5H3;/q-1;/t15-,16?,17?,18?,20+;/m1./s1. The van der Waals surface area contributed by atoms with Crippen molar-refractivity contribution >= 4 is 17.6 Å². The number of hydrogen-bond acceptors (Lipinski definition) is 4. The Labute approximate surface area is 179 Å². The van der Waals surface area contributed by atoms with E-state index in [0.29, 0.717) is 11.2 Å². The zero-order valence-electron chi connectivity index (χ0n) is 17.0. The van der Waals surface area contributed by atoms with E-state index in [1.54, 1.807) is 24.1 Å². The maximum absolute atomic E-state index is 10.8. The van der Waals surface area contributed by atoms with E-state index in [-0.39, 0.29) is 53.1 Å². The predicted molar refractivity (Wildman–Crippen MR) is 106 cm³/mol. The third kappa shape index (κ3) is 3.73. The molecule has 0 N–H and O–H groups in total. The second-order valence-electron chi connectivity index (χ2n) is 8.39. The van der Waals surface area contributed by atoms with Crippen molar-refractivity contribution in [2.45, 2.75) is 64.4 Å². The molecule has 146 valence electrons. The van der Waals surface area contributed by atoms with Crippen LogP contribution in [0.2, 0.25) is 0 Å². The Kier molecular flexibility index (Phi) is 7.16. The summed E-state index contributed by atoms with van der Waals surface area (Å²) in [4.78, 5) is 10.5. The van der Waals surface area contributed by atoms with Gasteiger partial charge < -0.3 is 9.46 Å². The van der Waals surface area contributed by atoms with Crippen LogP contribution in [0.3, 0.4) is 0 Å². The number of hydrogen-bond donors (Lipinski definition) is 0. The molecule has 3 unspecified atom stereocenters. The zero-order valence-corrected chi connectivity index (χ0v) is 20.8. The second-order valence-corrected chi connectivity index (χ2v) is 9.35. The van der Waals surface area contributed by atoms with Crippen LogP contribution in [0.1, 0.15) is 58.6 Å². The van der Waals surface area contributed by atoms with Crippen molar-refractivity contribution < 1.29 is 29.1 Å². The van der Waals surface area contributed by atoms with Crippen molar-refractivity contribution in [2.24, 2.45) is 16.7 Å². The third-order valence-electron chi connectivity index (χ3n) is 7.14. The molecule has 0 amide bonds. The molecular formula is C20H29N2O3SZn-. The van der Waals surface area contributed by atoms with Crippen LogP contribution in [-0.2, 0) is 24.2 Å². The van der Waals surface area contributed by atoms with E-state index in [2.05, 4.69) is 27.7 Å². The van der Waals surface area contributed by atoms with Gasteiger partial charge in [-0.2, -0.15) is 0 Å². The van der Waals surface area contributed by atoms with Gasteiger partial charge in [-0.05, 0) is 24.2 Å². The number of nitro groups is 1. The van der Waals surface area contributed by atoms with Crippen LogP contribution in [0, 0.1) is 26.9 Å². The molecule has 2 aliphatic carbocycles. The van der Waals surface area contributed by atoms with E-state index in [1.165, 1.54) is 12.8 Å². The van der Waals surface area contributed by atoms with Crippen LogP contribution in [0.25, 0.3) is 4.72 Å². The summed E-state index contributed by atoms with van der Waals surface area (Å²) in [5, 5.41) is 11.2. The molecule has 5 nitrogen and oxygen atoms in total. The van der Waals surface area contributed by atoms with Gasteiger partial charge in [0.2, 0.25) is 0 Å².